The molecule has 0 heterocycles. The summed E-state index contributed by atoms with van der Waals surface area (Å²) in [5.74, 6) is 0.505. The molecule has 0 saturated carbocycles. The number of aldehydes is 1. The molecule has 1 aromatic rings. The first-order valence-corrected chi connectivity index (χ1v) is 4.95. The quantitative estimate of drug-likeness (QED) is 0.617. The number of hydrogen-bond acceptors (Lipinski definition) is 3. The number of rotatable bonds is 3. The lowest BCUT2D eigenvalue weighted by Crippen LogP contribution is -1.85. The number of phenols is 1. The summed E-state index contributed by atoms with van der Waals surface area (Å²) in [5.41, 5.74) is 0.713. The van der Waals surface area contributed by atoms with Gasteiger partial charge in [0.15, 0.2) is 6.29 Å². The van der Waals surface area contributed by atoms with E-state index in [0.717, 1.165) is 0 Å². The maximum Gasteiger partial charge on any atom is 0.153 e. The Morgan fingerprint density at radius 2 is 2.07 bits per heavy atom. The number of thiol groups is 1. The fourth-order valence-electron chi connectivity index (χ4n) is 1.04. The van der Waals surface area contributed by atoms with Crippen LogP contribution < -0.4 is 0 Å². The predicted octanol–water partition coefficient (Wildman–Crippen LogP) is 2.80. The summed E-state index contributed by atoms with van der Waals surface area (Å²) in [7, 11) is 0. The number of carbonyl (C=O) groups excluding carboxylic acids is 1. The molecule has 0 fully saturated rings. The molecular formula is C10H9ClO2S. The van der Waals surface area contributed by atoms with Crippen LogP contribution in [-0.2, 0) is 0 Å². The molecule has 1 N–H and O–H groups in total. The lowest BCUT2D eigenvalue weighted by Gasteiger charge is -2.02. The molecule has 1 rings (SSSR count). The minimum absolute atomic E-state index is 0.0533. The largest absolute Gasteiger partial charge is 0.507 e. The van der Waals surface area contributed by atoms with E-state index in [9.17, 15) is 9.90 Å². The minimum Gasteiger partial charge on any atom is -0.507 e. The second kappa shape index (κ2) is 5.08. The minimum atomic E-state index is -0.0533. The average molecular weight is 229 g/mol. The molecule has 0 bridgehead atoms. The van der Waals surface area contributed by atoms with Gasteiger partial charge in [-0.15, -0.1) is 0 Å². The Morgan fingerprint density at radius 1 is 1.43 bits per heavy atom. The highest BCUT2D eigenvalue weighted by atomic mass is 35.5. The van der Waals surface area contributed by atoms with Gasteiger partial charge < -0.3 is 5.11 Å². The first-order valence-electron chi connectivity index (χ1n) is 3.94. The molecule has 1 aromatic carbocycles. The molecule has 0 aromatic heterocycles. The zero-order valence-corrected chi connectivity index (χ0v) is 8.92. The third kappa shape index (κ3) is 2.53. The first kappa shape index (κ1) is 11.1. The van der Waals surface area contributed by atoms with Crippen molar-refractivity contribution >= 4 is 36.6 Å². The number of halogens is 1. The molecule has 2 nitrogen and oxygen atoms in total. The Bertz CT molecular complexity index is 375. The molecule has 0 amide bonds. The van der Waals surface area contributed by atoms with Gasteiger partial charge in [0.1, 0.15) is 5.75 Å². The van der Waals surface area contributed by atoms with Crippen LogP contribution in [0.5, 0.6) is 5.75 Å². The van der Waals surface area contributed by atoms with E-state index in [1.807, 2.05) is 0 Å². The molecule has 74 valence electrons. The van der Waals surface area contributed by atoms with Crippen molar-refractivity contribution in [3.63, 3.8) is 0 Å². The van der Waals surface area contributed by atoms with Crippen LogP contribution in [0.15, 0.2) is 18.2 Å². The van der Waals surface area contributed by atoms with Crippen LogP contribution in [0.4, 0.5) is 0 Å². The Labute approximate surface area is 92.6 Å². The van der Waals surface area contributed by atoms with Crippen molar-refractivity contribution in [3.05, 3.63) is 34.4 Å². The van der Waals surface area contributed by atoms with E-state index < -0.39 is 0 Å². The highest BCUT2D eigenvalue weighted by Gasteiger charge is 2.05. The maximum absolute atomic E-state index is 10.5. The van der Waals surface area contributed by atoms with Crippen LogP contribution >= 0.6 is 24.2 Å². The van der Waals surface area contributed by atoms with E-state index in [4.69, 9.17) is 11.6 Å². The number of carbonyl (C=O) groups is 1. The van der Waals surface area contributed by atoms with Crippen molar-refractivity contribution in [1.29, 1.82) is 0 Å². The van der Waals surface area contributed by atoms with E-state index in [2.05, 4.69) is 12.6 Å². The second-order valence-electron chi connectivity index (χ2n) is 2.64. The summed E-state index contributed by atoms with van der Waals surface area (Å²) < 4.78 is 0. The summed E-state index contributed by atoms with van der Waals surface area (Å²) in [4.78, 5) is 10.5. The molecule has 0 saturated heterocycles. The van der Waals surface area contributed by atoms with Gasteiger partial charge in [0, 0.05) is 16.3 Å². The lowest BCUT2D eigenvalue weighted by molar-refractivity contribution is 0.112. The van der Waals surface area contributed by atoms with E-state index in [1.165, 1.54) is 6.07 Å². The Hall–Kier alpha value is -0.930. The standard InChI is InChI=1S/C10H9ClO2S/c11-9-4-7(2-1-3-14)10(13)8(5-9)6-12/h1-2,4-6,13-14H,3H2. The topological polar surface area (TPSA) is 37.3 Å². The van der Waals surface area contributed by atoms with Gasteiger partial charge in [-0.2, -0.15) is 12.6 Å². The van der Waals surface area contributed by atoms with E-state index in [0.29, 0.717) is 22.6 Å². The summed E-state index contributed by atoms with van der Waals surface area (Å²) in [6.45, 7) is 0. The normalized spacial score (nSPS) is 10.7. The molecular weight excluding hydrogens is 220 g/mol. The predicted molar refractivity (Wildman–Crippen MR) is 61.4 cm³/mol. The zero-order valence-electron chi connectivity index (χ0n) is 7.27. The van der Waals surface area contributed by atoms with E-state index in [1.54, 1.807) is 18.2 Å². The lowest BCUT2D eigenvalue weighted by atomic mass is 10.1. The van der Waals surface area contributed by atoms with Gasteiger partial charge in [-0.3, -0.25) is 4.79 Å². The van der Waals surface area contributed by atoms with Crippen LogP contribution in [0.1, 0.15) is 15.9 Å². The fourth-order valence-corrected chi connectivity index (χ4v) is 1.38. The molecule has 0 aliphatic carbocycles. The Kier molecular flexibility index (Phi) is 4.04. The highest BCUT2D eigenvalue weighted by Crippen LogP contribution is 2.26. The number of phenolic OH excluding ortho intramolecular Hbond substituents is 1. The third-order valence-corrected chi connectivity index (χ3v) is 2.09. The van der Waals surface area contributed by atoms with Gasteiger partial charge in [0.05, 0.1) is 5.56 Å². The van der Waals surface area contributed by atoms with E-state index >= 15 is 0 Å². The van der Waals surface area contributed by atoms with Crippen molar-refractivity contribution in [3.8, 4) is 5.75 Å². The number of benzene rings is 1. The molecule has 0 aliphatic rings. The number of aromatic hydroxyl groups is 1. The van der Waals surface area contributed by atoms with Gasteiger partial charge in [-0.1, -0.05) is 23.8 Å². The zero-order chi connectivity index (χ0) is 10.6. The summed E-state index contributed by atoms with van der Waals surface area (Å²) in [6.07, 6.45) is 3.99. The molecule has 0 aliphatic heterocycles. The summed E-state index contributed by atoms with van der Waals surface area (Å²) in [6, 6.07) is 3.01. The maximum atomic E-state index is 10.5. The molecule has 14 heavy (non-hydrogen) atoms. The van der Waals surface area contributed by atoms with Crippen LogP contribution in [0.2, 0.25) is 5.02 Å². The highest BCUT2D eigenvalue weighted by molar-refractivity contribution is 7.80. The van der Waals surface area contributed by atoms with Crippen LogP contribution in [0.25, 0.3) is 6.08 Å². The van der Waals surface area contributed by atoms with Crippen molar-refractivity contribution in [2.24, 2.45) is 0 Å². The average Bonchev–Trinajstić information content (AvgIpc) is 2.18. The molecule has 0 atom stereocenters. The van der Waals surface area contributed by atoms with Crippen molar-refractivity contribution < 1.29 is 9.90 Å². The van der Waals surface area contributed by atoms with Crippen LogP contribution in [0.3, 0.4) is 0 Å². The van der Waals surface area contributed by atoms with Gasteiger partial charge in [-0.25, -0.2) is 0 Å². The SMILES string of the molecule is O=Cc1cc(Cl)cc(C=CCS)c1O. The van der Waals surface area contributed by atoms with Crippen LogP contribution in [-0.4, -0.2) is 17.1 Å². The second-order valence-corrected chi connectivity index (χ2v) is 3.44. The van der Waals surface area contributed by atoms with Gasteiger partial charge in [-0.05, 0) is 12.1 Å². The molecule has 0 radical (unpaired) electrons. The van der Waals surface area contributed by atoms with E-state index in [-0.39, 0.29) is 11.3 Å². The Balaban J connectivity index is 3.21. The smallest absolute Gasteiger partial charge is 0.153 e. The summed E-state index contributed by atoms with van der Waals surface area (Å²) in [5, 5.41) is 9.99. The van der Waals surface area contributed by atoms with Crippen molar-refractivity contribution in [1.82, 2.24) is 0 Å². The van der Waals surface area contributed by atoms with Gasteiger partial charge in [0.25, 0.3) is 0 Å². The molecule has 0 spiro atoms. The fraction of sp³-hybridized carbons (Fsp3) is 0.100. The monoisotopic (exact) mass is 228 g/mol. The first-order chi connectivity index (χ1) is 6.69. The molecule has 0 unspecified atom stereocenters. The Morgan fingerprint density at radius 3 is 2.64 bits per heavy atom. The van der Waals surface area contributed by atoms with Gasteiger partial charge >= 0.3 is 0 Å². The van der Waals surface area contributed by atoms with Crippen molar-refractivity contribution in [2.75, 3.05) is 5.75 Å². The van der Waals surface area contributed by atoms with Crippen molar-refractivity contribution in [2.45, 2.75) is 0 Å². The van der Waals surface area contributed by atoms with Crippen LogP contribution in [0, 0.1) is 0 Å². The van der Waals surface area contributed by atoms with Gasteiger partial charge in [0.2, 0.25) is 0 Å². The third-order valence-electron chi connectivity index (χ3n) is 1.66. The number of hydrogen-bond donors (Lipinski definition) is 2. The molecule has 4 heteroatoms. The summed E-state index contributed by atoms with van der Waals surface area (Å²) >= 11 is 9.75.